The Kier molecular flexibility index (Phi) is 9.35. The van der Waals surface area contributed by atoms with Crippen LogP contribution >= 0.6 is 12.4 Å². The third kappa shape index (κ3) is 6.70. The van der Waals surface area contributed by atoms with E-state index >= 15 is 0 Å². The summed E-state index contributed by atoms with van der Waals surface area (Å²) in [6.07, 6.45) is 0. The van der Waals surface area contributed by atoms with Gasteiger partial charge in [0, 0.05) is 18.7 Å². The van der Waals surface area contributed by atoms with Gasteiger partial charge in [-0.15, -0.1) is 12.4 Å². The first-order valence-corrected chi connectivity index (χ1v) is 9.55. The van der Waals surface area contributed by atoms with E-state index in [2.05, 4.69) is 29.6 Å². The van der Waals surface area contributed by atoms with E-state index in [1.807, 2.05) is 55.5 Å². The predicted molar refractivity (Wildman–Crippen MR) is 119 cm³/mol. The second kappa shape index (κ2) is 12.0. The van der Waals surface area contributed by atoms with E-state index in [0.717, 1.165) is 47.0 Å². The molecule has 3 aromatic rings. The second-order valence-electron chi connectivity index (χ2n) is 6.40. The van der Waals surface area contributed by atoms with Gasteiger partial charge in [0.1, 0.15) is 12.4 Å². The molecular formula is C24H28ClNO3. The molecule has 4 nitrogen and oxygen atoms in total. The lowest BCUT2D eigenvalue weighted by Gasteiger charge is -2.14. The van der Waals surface area contributed by atoms with Crippen molar-refractivity contribution in [3.63, 3.8) is 0 Å². The zero-order valence-electron chi connectivity index (χ0n) is 16.9. The Bertz CT molecular complexity index is 871. The van der Waals surface area contributed by atoms with Crippen molar-refractivity contribution in [1.29, 1.82) is 0 Å². The number of rotatable bonds is 10. The van der Waals surface area contributed by atoms with E-state index in [9.17, 15) is 0 Å². The number of para-hydroxylation sites is 1. The smallest absolute Gasteiger partial charge is 0.161 e. The summed E-state index contributed by atoms with van der Waals surface area (Å²) in [6, 6.07) is 24.3. The SMILES string of the molecule is CCOc1cc(CNCc2ccccc2OC)ccc1OCc1ccccc1.Cl. The molecule has 29 heavy (non-hydrogen) atoms. The van der Waals surface area contributed by atoms with Crippen LogP contribution < -0.4 is 19.5 Å². The van der Waals surface area contributed by atoms with E-state index in [0.29, 0.717) is 13.2 Å². The van der Waals surface area contributed by atoms with Crippen molar-refractivity contribution in [3.8, 4) is 17.2 Å². The first-order valence-electron chi connectivity index (χ1n) is 9.55. The molecule has 0 unspecified atom stereocenters. The molecule has 0 saturated heterocycles. The molecular weight excluding hydrogens is 386 g/mol. The van der Waals surface area contributed by atoms with E-state index in [4.69, 9.17) is 14.2 Å². The number of nitrogens with one attached hydrogen (secondary N) is 1. The molecule has 3 rings (SSSR count). The van der Waals surface area contributed by atoms with Crippen LogP contribution in [0.5, 0.6) is 17.2 Å². The number of hydrogen-bond acceptors (Lipinski definition) is 4. The summed E-state index contributed by atoms with van der Waals surface area (Å²) < 4.78 is 17.2. The summed E-state index contributed by atoms with van der Waals surface area (Å²) in [7, 11) is 1.70. The van der Waals surface area contributed by atoms with Gasteiger partial charge in [-0.3, -0.25) is 0 Å². The van der Waals surface area contributed by atoms with Crippen LogP contribution in [0.3, 0.4) is 0 Å². The highest BCUT2D eigenvalue weighted by molar-refractivity contribution is 5.85. The maximum atomic E-state index is 5.97. The molecule has 0 amide bonds. The zero-order valence-corrected chi connectivity index (χ0v) is 17.7. The minimum absolute atomic E-state index is 0. The largest absolute Gasteiger partial charge is 0.496 e. The van der Waals surface area contributed by atoms with Crippen molar-refractivity contribution < 1.29 is 14.2 Å². The molecule has 0 heterocycles. The highest BCUT2D eigenvalue weighted by Gasteiger charge is 2.08. The minimum atomic E-state index is 0. The Hall–Kier alpha value is -2.69. The van der Waals surface area contributed by atoms with Crippen LogP contribution in [0.25, 0.3) is 0 Å². The van der Waals surface area contributed by atoms with Gasteiger partial charge < -0.3 is 19.5 Å². The molecule has 0 aliphatic carbocycles. The Labute approximate surface area is 179 Å². The van der Waals surface area contributed by atoms with Crippen molar-refractivity contribution in [3.05, 3.63) is 89.5 Å². The predicted octanol–water partition coefficient (Wildman–Crippen LogP) is 5.38. The average molecular weight is 414 g/mol. The summed E-state index contributed by atoms with van der Waals surface area (Å²) in [5.74, 6) is 2.43. The normalized spacial score (nSPS) is 10.1. The molecule has 1 N–H and O–H groups in total. The molecule has 0 radical (unpaired) electrons. The monoisotopic (exact) mass is 413 g/mol. The van der Waals surface area contributed by atoms with E-state index < -0.39 is 0 Å². The lowest BCUT2D eigenvalue weighted by Crippen LogP contribution is -2.13. The highest BCUT2D eigenvalue weighted by atomic mass is 35.5. The van der Waals surface area contributed by atoms with Gasteiger partial charge in [0.15, 0.2) is 11.5 Å². The van der Waals surface area contributed by atoms with Gasteiger partial charge in [-0.1, -0.05) is 54.6 Å². The van der Waals surface area contributed by atoms with Crippen molar-refractivity contribution in [2.45, 2.75) is 26.6 Å². The summed E-state index contributed by atoms with van der Waals surface area (Å²) in [5, 5.41) is 3.46. The van der Waals surface area contributed by atoms with Crippen LogP contribution in [0.4, 0.5) is 0 Å². The molecule has 3 aromatic carbocycles. The first-order chi connectivity index (χ1) is 13.8. The fourth-order valence-corrected chi connectivity index (χ4v) is 2.98. The maximum Gasteiger partial charge on any atom is 0.161 e. The van der Waals surface area contributed by atoms with E-state index in [1.54, 1.807) is 7.11 Å². The molecule has 0 aliphatic rings. The molecule has 0 atom stereocenters. The van der Waals surface area contributed by atoms with Crippen molar-refractivity contribution in [1.82, 2.24) is 5.32 Å². The first kappa shape index (κ1) is 22.6. The molecule has 0 spiro atoms. The summed E-state index contributed by atoms with van der Waals surface area (Å²) in [5.41, 5.74) is 3.41. The summed E-state index contributed by atoms with van der Waals surface area (Å²) in [4.78, 5) is 0. The molecule has 0 aromatic heterocycles. The van der Waals surface area contributed by atoms with Crippen LogP contribution in [0.2, 0.25) is 0 Å². The Morgan fingerprint density at radius 3 is 2.24 bits per heavy atom. The van der Waals surface area contributed by atoms with Crippen LogP contribution in [0, 0.1) is 0 Å². The standard InChI is InChI=1S/C24H27NO3.ClH/c1-3-27-24-15-20(16-25-17-21-11-7-8-12-22(21)26-2)13-14-23(24)28-18-19-9-5-4-6-10-19;/h4-15,25H,3,16-18H2,1-2H3;1H. The Morgan fingerprint density at radius 1 is 0.724 bits per heavy atom. The quantitative estimate of drug-likeness (QED) is 0.484. The van der Waals surface area contributed by atoms with Crippen molar-refractivity contribution >= 4 is 12.4 Å². The van der Waals surface area contributed by atoms with Crippen LogP contribution in [0.1, 0.15) is 23.6 Å². The maximum absolute atomic E-state index is 5.97. The van der Waals surface area contributed by atoms with Gasteiger partial charge in [0.25, 0.3) is 0 Å². The number of hydrogen-bond donors (Lipinski definition) is 1. The summed E-state index contributed by atoms with van der Waals surface area (Å²) in [6.45, 7) is 4.57. The Morgan fingerprint density at radius 2 is 1.48 bits per heavy atom. The zero-order chi connectivity index (χ0) is 19.6. The van der Waals surface area contributed by atoms with Crippen LogP contribution in [-0.4, -0.2) is 13.7 Å². The second-order valence-corrected chi connectivity index (χ2v) is 6.40. The minimum Gasteiger partial charge on any atom is -0.496 e. The third-order valence-corrected chi connectivity index (χ3v) is 4.38. The average Bonchev–Trinajstić information content (AvgIpc) is 2.74. The molecule has 5 heteroatoms. The van der Waals surface area contributed by atoms with Gasteiger partial charge >= 0.3 is 0 Å². The summed E-state index contributed by atoms with van der Waals surface area (Å²) >= 11 is 0. The van der Waals surface area contributed by atoms with Crippen molar-refractivity contribution in [2.24, 2.45) is 0 Å². The van der Waals surface area contributed by atoms with Crippen LogP contribution in [0.15, 0.2) is 72.8 Å². The van der Waals surface area contributed by atoms with Gasteiger partial charge in [0.2, 0.25) is 0 Å². The van der Waals surface area contributed by atoms with Crippen LogP contribution in [-0.2, 0) is 19.7 Å². The number of benzene rings is 3. The fraction of sp³-hybridized carbons (Fsp3) is 0.250. The molecule has 0 bridgehead atoms. The molecule has 154 valence electrons. The van der Waals surface area contributed by atoms with E-state index in [-0.39, 0.29) is 12.4 Å². The number of ether oxygens (including phenoxy) is 3. The van der Waals surface area contributed by atoms with Gasteiger partial charge in [0.05, 0.1) is 13.7 Å². The molecule has 0 fully saturated rings. The lowest BCUT2D eigenvalue weighted by atomic mass is 10.1. The van der Waals surface area contributed by atoms with Gasteiger partial charge in [-0.05, 0) is 36.2 Å². The third-order valence-electron chi connectivity index (χ3n) is 4.38. The molecule has 0 aliphatic heterocycles. The Balaban J connectivity index is 0.00000300. The number of methoxy groups -OCH3 is 1. The van der Waals surface area contributed by atoms with Gasteiger partial charge in [-0.25, -0.2) is 0 Å². The van der Waals surface area contributed by atoms with E-state index in [1.165, 1.54) is 0 Å². The van der Waals surface area contributed by atoms with Gasteiger partial charge in [-0.2, -0.15) is 0 Å². The highest BCUT2D eigenvalue weighted by Crippen LogP contribution is 2.29. The number of halogens is 1. The fourth-order valence-electron chi connectivity index (χ4n) is 2.98. The topological polar surface area (TPSA) is 39.7 Å². The molecule has 0 saturated carbocycles. The van der Waals surface area contributed by atoms with Crippen molar-refractivity contribution in [2.75, 3.05) is 13.7 Å². The lowest BCUT2D eigenvalue weighted by molar-refractivity contribution is 0.269.